The highest BCUT2D eigenvalue weighted by molar-refractivity contribution is 6.31. The molecule has 1 aromatic heterocycles. The Balaban J connectivity index is 1.64. The van der Waals surface area contributed by atoms with Crippen LogP contribution in [0.25, 0.3) is 11.1 Å². The van der Waals surface area contributed by atoms with Gasteiger partial charge in [0, 0.05) is 23.5 Å². The van der Waals surface area contributed by atoms with E-state index in [1.165, 1.54) is 36.5 Å². The Morgan fingerprint density at radius 3 is 2.45 bits per heavy atom. The summed E-state index contributed by atoms with van der Waals surface area (Å²) >= 11 is 5.64. The average molecular weight is 544 g/mol. The summed E-state index contributed by atoms with van der Waals surface area (Å²) in [5, 5.41) is 15.9. The number of nitrogens with one attached hydrogen (secondary N) is 2. The Kier molecular flexibility index (Phi) is 7.35. The molecule has 0 fully saturated rings. The van der Waals surface area contributed by atoms with Crippen LogP contribution in [0, 0.1) is 10.1 Å². The number of hydrogen-bond acceptors (Lipinski definition) is 6. The number of ether oxygens (including phenoxy) is 1. The van der Waals surface area contributed by atoms with Crippen LogP contribution in [0.3, 0.4) is 0 Å². The Morgan fingerprint density at radius 2 is 1.76 bits per heavy atom. The van der Waals surface area contributed by atoms with Crippen LogP contribution in [0.2, 0.25) is 5.02 Å². The predicted molar refractivity (Wildman–Crippen MR) is 136 cm³/mol. The van der Waals surface area contributed by atoms with Crippen LogP contribution in [-0.2, 0) is 6.18 Å². The van der Waals surface area contributed by atoms with Crippen LogP contribution in [0.1, 0.15) is 5.56 Å². The van der Waals surface area contributed by atoms with E-state index in [1.54, 1.807) is 30.3 Å². The van der Waals surface area contributed by atoms with E-state index < -0.39 is 33.4 Å². The molecule has 2 amide bonds. The molecule has 4 rings (SSSR count). The van der Waals surface area contributed by atoms with Crippen LogP contribution >= 0.6 is 11.6 Å². The summed E-state index contributed by atoms with van der Waals surface area (Å²) in [5.74, 6) is -0.263. The largest absolute Gasteiger partial charge is 0.450 e. The van der Waals surface area contributed by atoms with Gasteiger partial charge < -0.3 is 21.1 Å². The van der Waals surface area contributed by atoms with Crippen molar-refractivity contribution in [3.05, 3.63) is 99.7 Å². The lowest BCUT2D eigenvalue weighted by Crippen LogP contribution is -2.20. The lowest BCUT2D eigenvalue weighted by Gasteiger charge is -2.15. The summed E-state index contributed by atoms with van der Waals surface area (Å²) in [6, 6.07) is 16.7. The molecule has 4 aromatic rings. The lowest BCUT2D eigenvalue weighted by molar-refractivity contribution is -0.384. The number of amides is 2. The number of nitro groups is 1. The molecule has 0 aliphatic heterocycles. The number of nitrogen functional groups attached to an aromatic ring is 1. The van der Waals surface area contributed by atoms with Gasteiger partial charge in [0.25, 0.3) is 0 Å². The molecule has 0 saturated heterocycles. The number of rotatable bonds is 6. The number of carbonyl (C=O) groups is 1. The van der Waals surface area contributed by atoms with E-state index in [9.17, 15) is 28.1 Å². The van der Waals surface area contributed by atoms with Gasteiger partial charge in [0.2, 0.25) is 11.6 Å². The van der Waals surface area contributed by atoms with Crippen molar-refractivity contribution in [1.82, 2.24) is 4.98 Å². The van der Waals surface area contributed by atoms with Crippen molar-refractivity contribution in [2.45, 2.75) is 6.18 Å². The number of urea groups is 1. The summed E-state index contributed by atoms with van der Waals surface area (Å²) in [4.78, 5) is 27.1. The maximum atomic E-state index is 13.2. The quantitative estimate of drug-likeness (QED) is 0.172. The molecule has 0 spiro atoms. The van der Waals surface area contributed by atoms with Crippen molar-refractivity contribution in [1.29, 1.82) is 0 Å². The number of benzene rings is 3. The van der Waals surface area contributed by atoms with E-state index in [2.05, 4.69) is 15.6 Å². The topological polar surface area (TPSA) is 132 Å². The molecule has 1 heterocycles. The minimum absolute atomic E-state index is 0.122. The summed E-state index contributed by atoms with van der Waals surface area (Å²) in [6.07, 6.45) is -3.44. The SMILES string of the molecule is Nc1nccc(Oc2ccc(NC(=O)Nc3ccc(Cl)c(C(F)(F)F)c3)c(-c3ccccc3)c2)c1[N+](=O)[O-]. The number of aromatic nitrogens is 1. The van der Waals surface area contributed by atoms with Gasteiger partial charge in [-0.3, -0.25) is 10.1 Å². The maximum Gasteiger partial charge on any atom is 0.417 e. The number of alkyl halides is 3. The van der Waals surface area contributed by atoms with Gasteiger partial charge in [-0.05, 0) is 42.0 Å². The fourth-order valence-corrected chi connectivity index (χ4v) is 3.73. The summed E-state index contributed by atoms with van der Waals surface area (Å²) < 4.78 is 45.2. The fraction of sp³-hybridized carbons (Fsp3) is 0.0400. The predicted octanol–water partition coefficient (Wildman–Crippen LogP) is 7.35. The molecule has 0 unspecified atom stereocenters. The van der Waals surface area contributed by atoms with Crippen molar-refractivity contribution < 1.29 is 27.6 Å². The number of nitrogens with two attached hydrogens (primary N) is 1. The van der Waals surface area contributed by atoms with Crippen molar-refractivity contribution in [2.24, 2.45) is 0 Å². The molecular formula is C25H17ClF3N5O4. The van der Waals surface area contributed by atoms with Crippen LogP contribution < -0.4 is 21.1 Å². The highest BCUT2D eigenvalue weighted by Gasteiger charge is 2.33. The van der Waals surface area contributed by atoms with E-state index in [1.807, 2.05) is 0 Å². The fourth-order valence-electron chi connectivity index (χ4n) is 3.50. The first-order chi connectivity index (χ1) is 18.0. The van der Waals surface area contributed by atoms with Crippen molar-refractivity contribution in [2.75, 3.05) is 16.4 Å². The second kappa shape index (κ2) is 10.6. The molecule has 13 heteroatoms. The normalized spacial score (nSPS) is 11.1. The second-order valence-electron chi connectivity index (χ2n) is 7.75. The lowest BCUT2D eigenvalue weighted by atomic mass is 10.0. The first-order valence-electron chi connectivity index (χ1n) is 10.7. The standard InChI is InChI=1S/C25H17ClF3N5O4/c26-19-8-6-15(12-18(19)25(27,28)29)32-24(35)33-20-9-7-16(13-17(20)14-4-2-1-3-5-14)38-21-10-11-31-23(30)22(21)34(36)37/h1-13H,(H2,30,31)(H2,32,33,35). The smallest absolute Gasteiger partial charge is 0.417 e. The van der Waals surface area contributed by atoms with Crippen molar-refractivity contribution in [3.8, 4) is 22.6 Å². The third-order valence-electron chi connectivity index (χ3n) is 5.18. The molecule has 4 N–H and O–H groups in total. The number of halogens is 4. The Hall–Kier alpha value is -4.84. The molecule has 3 aromatic carbocycles. The molecule has 0 radical (unpaired) electrons. The van der Waals surface area contributed by atoms with E-state index in [0.29, 0.717) is 11.1 Å². The molecule has 194 valence electrons. The van der Waals surface area contributed by atoms with E-state index in [-0.39, 0.29) is 28.7 Å². The molecular weight excluding hydrogens is 527 g/mol. The van der Waals surface area contributed by atoms with E-state index in [0.717, 1.165) is 12.1 Å². The van der Waals surface area contributed by atoms with Crippen molar-refractivity contribution >= 4 is 40.5 Å². The molecule has 9 nitrogen and oxygen atoms in total. The molecule has 0 saturated carbocycles. The van der Waals surface area contributed by atoms with Gasteiger partial charge in [-0.15, -0.1) is 0 Å². The third-order valence-corrected chi connectivity index (χ3v) is 5.51. The highest BCUT2D eigenvalue weighted by Crippen LogP contribution is 2.39. The van der Waals surface area contributed by atoms with Gasteiger partial charge in [-0.2, -0.15) is 13.2 Å². The van der Waals surface area contributed by atoms with Crippen molar-refractivity contribution in [3.63, 3.8) is 0 Å². The maximum absolute atomic E-state index is 13.2. The minimum Gasteiger partial charge on any atom is -0.450 e. The van der Waals surface area contributed by atoms with Gasteiger partial charge in [0.1, 0.15) is 5.75 Å². The first kappa shape index (κ1) is 26.2. The Morgan fingerprint density at radius 1 is 1.03 bits per heavy atom. The number of hydrogen-bond donors (Lipinski definition) is 3. The zero-order valence-corrected chi connectivity index (χ0v) is 19.9. The number of anilines is 3. The number of pyridine rings is 1. The van der Waals surface area contributed by atoms with Gasteiger partial charge >= 0.3 is 17.9 Å². The third kappa shape index (κ3) is 5.93. The number of nitrogens with zero attached hydrogens (tertiary/aromatic N) is 2. The van der Waals surface area contributed by atoms with E-state index >= 15 is 0 Å². The molecule has 0 bridgehead atoms. The summed E-state index contributed by atoms with van der Waals surface area (Å²) in [6.45, 7) is 0. The second-order valence-corrected chi connectivity index (χ2v) is 8.15. The van der Waals surface area contributed by atoms with E-state index in [4.69, 9.17) is 22.1 Å². The van der Waals surface area contributed by atoms with Crippen LogP contribution in [0.5, 0.6) is 11.5 Å². The minimum atomic E-state index is -4.70. The molecule has 0 aliphatic carbocycles. The first-order valence-corrected chi connectivity index (χ1v) is 11.1. The Labute approximate surface area is 218 Å². The van der Waals surface area contributed by atoms with Gasteiger partial charge in [-0.1, -0.05) is 41.9 Å². The highest BCUT2D eigenvalue weighted by atomic mass is 35.5. The van der Waals surface area contributed by atoms with Crippen LogP contribution in [0.4, 0.5) is 40.8 Å². The average Bonchev–Trinajstić information content (AvgIpc) is 2.86. The summed E-state index contributed by atoms with van der Waals surface area (Å²) in [7, 11) is 0. The van der Waals surface area contributed by atoms with Gasteiger partial charge in [0.05, 0.1) is 21.2 Å². The van der Waals surface area contributed by atoms with Gasteiger partial charge in [-0.25, -0.2) is 9.78 Å². The van der Waals surface area contributed by atoms with Gasteiger partial charge in [0.15, 0.2) is 0 Å². The molecule has 0 aliphatic rings. The number of carbonyl (C=O) groups excluding carboxylic acids is 1. The molecule has 0 atom stereocenters. The molecule has 38 heavy (non-hydrogen) atoms. The monoisotopic (exact) mass is 543 g/mol. The zero-order valence-electron chi connectivity index (χ0n) is 19.1. The Bertz CT molecular complexity index is 1520. The van der Waals surface area contributed by atoms with Crippen LogP contribution in [-0.4, -0.2) is 15.9 Å². The zero-order chi connectivity index (χ0) is 27.4. The van der Waals surface area contributed by atoms with Crippen LogP contribution in [0.15, 0.2) is 79.0 Å². The summed E-state index contributed by atoms with van der Waals surface area (Å²) in [5.41, 5.74) is 5.32.